The van der Waals surface area contributed by atoms with Gasteiger partial charge < -0.3 is 0 Å². The lowest BCUT2D eigenvalue weighted by Crippen LogP contribution is -2.46. The first-order valence-corrected chi connectivity index (χ1v) is 12.9. The second kappa shape index (κ2) is 8.35. The summed E-state index contributed by atoms with van der Waals surface area (Å²) >= 11 is 0. The Kier molecular flexibility index (Phi) is 5.12. The normalized spacial score (nSPS) is 18.2. The molecule has 0 radical (unpaired) electrons. The van der Waals surface area contributed by atoms with E-state index < -0.39 is 34.4 Å². The molecule has 0 aliphatic carbocycles. The maximum atomic E-state index is 13.5. The standard InChI is InChI=1S/C28H21N3O4S/c32-27(18-30-28(33)23-12-6-7-13-26(23)36(30,34)35)31-25(20-9-2-1-3-10-20)17-24(29-31)22-15-14-19-8-4-5-11-21(19)16-22/h1-17,25,29H,18H2/t25-/m0/s1. The van der Waals surface area contributed by atoms with E-state index in [9.17, 15) is 18.0 Å². The van der Waals surface area contributed by atoms with Gasteiger partial charge in [-0.15, -0.1) is 0 Å². The summed E-state index contributed by atoms with van der Waals surface area (Å²) in [6, 6.07) is 29.0. The van der Waals surface area contributed by atoms with Crippen molar-refractivity contribution in [2.45, 2.75) is 10.9 Å². The zero-order valence-electron chi connectivity index (χ0n) is 19.0. The predicted molar refractivity (Wildman–Crippen MR) is 136 cm³/mol. The molecule has 1 N–H and O–H groups in total. The number of carbonyl (C=O) groups is 2. The zero-order chi connectivity index (χ0) is 24.9. The maximum Gasteiger partial charge on any atom is 0.269 e. The van der Waals surface area contributed by atoms with Crippen LogP contribution in [0.25, 0.3) is 16.5 Å². The molecule has 2 aliphatic heterocycles. The van der Waals surface area contributed by atoms with Gasteiger partial charge in [-0.1, -0.05) is 78.9 Å². The van der Waals surface area contributed by atoms with Gasteiger partial charge in [-0.25, -0.2) is 17.7 Å². The Morgan fingerprint density at radius 2 is 1.53 bits per heavy atom. The Hall–Kier alpha value is -4.43. The van der Waals surface area contributed by atoms with E-state index in [2.05, 4.69) is 5.43 Å². The summed E-state index contributed by atoms with van der Waals surface area (Å²) in [6.07, 6.45) is 1.94. The van der Waals surface area contributed by atoms with Gasteiger partial charge in [0.25, 0.3) is 21.8 Å². The lowest BCUT2D eigenvalue weighted by Gasteiger charge is -2.27. The van der Waals surface area contributed by atoms with E-state index in [1.54, 1.807) is 12.1 Å². The van der Waals surface area contributed by atoms with Crippen LogP contribution in [0.4, 0.5) is 0 Å². The van der Waals surface area contributed by atoms with Crippen molar-refractivity contribution >= 4 is 38.3 Å². The quantitative estimate of drug-likeness (QED) is 0.460. The number of nitrogens with zero attached hydrogens (tertiary/aromatic N) is 2. The Bertz CT molecular complexity index is 1660. The lowest BCUT2D eigenvalue weighted by atomic mass is 10.0. The smallest absolute Gasteiger partial charge is 0.269 e. The second-order valence-corrected chi connectivity index (χ2v) is 10.5. The average molecular weight is 496 g/mol. The Morgan fingerprint density at radius 1 is 0.833 bits per heavy atom. The van der Waals surface area contributed by atoms with Crippen molar-refractivity contribution < 1.29 is 18.0 Å². The summed E-state index contributed by atoms with van der Waals surface area (Å²) in [4.78, 5) is 26.3. The molecule has 0 unspecified atom stereocenters. The van der Waals surface area contributed by atoms with Gasteiger partial charge in [0.05, 0.1) is 17.3 Å². The molecule has 0 aromatic heterocycles. The molecule has 0 saturated carbocycles. The van der Waals surface area contributed by atoms with Crippen molar-refractivity contribution in [2.75, 3.05) is 6.54 Å². The van der Waals surface area contributed by atoms with Crippen LogP contribution in [-0.4, -0.2) is 36.1 Å². The summed E-state index contributed by atoms with van der Waals surface area (Å²) in [7, 11) is -4.10. The number of rotatable bonds is 4. The van der Waals surface area contributed by atoms with Crippen molar-refractivity contribution in [3.05, 3.63) is 120 Å². The minimum atomic E-state index is -4.10. The van der Waals surface area contributed by atoms with Crippen LogP contribution < -0.4 is 5.43 Å². The maximum absolute atomic E-state index is 13.5. The second-order valence-electron chi connectivity index (χ2n) is 8.69. The molecule has 1 atom stereocenters. The third-order valence-corrected chi connectivity index (χ3v) is 8.29. The number of amides is 2. The Labute approximate surface area is 208 Å². The monoisotopic (exact) mass is 495 g/mol. The van der Waals surface area contributed by atoms with Gasteiger partial charge in [0.15, 0.2) is 0 Å². The van der Waals surface area contributed by atoms with Crippen LogP contribution in [0.1, 0.15) is 27.5 Å². The first-order valence-electron chi connectivity index (χ1n) is 11.4. The number of hydrazine groups is 1. The van der Waals surface area contributed by atoms with Crippen LogP contribution >= 0.6 is 0 Å². The Morgan fingerprint density at radius 3 is 2.31 bits per heavy atom. The fraction of sp³-hybridized carbons (Fsp3) is 0.0714. The highest BCUT2D eigenvalue weighted by molar-refractivity contribution is 7.90. The molecule has 36 heavy (non-hydrogen) atoms. The van der Waals surface area contributed by atoms with Gasteiger partial charge in [-0.2, -0.15) is 0 Å². The van der Waals surface area contributed by atoms with E-state index in [1.165, 1.54) is 17.1 Å². The number of carbonyl (C=O) groups excluding carboxylic acids is 2. The van der Waals surface area contributed by atoms with Crippen molar-refractivity contribution in [3.8, 4) is 0 Å². The first kappa shape index (κ1) is 22.1. The van der Waals surface area contributed by atoms with E-state index >= 15 is 0 Å². The lowest BCUT2D eigenvalue weighted by molar-refractivity contribution is -0.134. The van der Waals surface area contributed by atoms with Crippen molar-refractivity contribution in [1.82, 2.24) is 14.7 Å². The summed E-state index contributed by atoms with van der Waals surface area (Å²) < 4.78 is 26.7. The SMILES string of the molecule is O=C(CN1C(=O)c2ccccc2S1(=O)=O)N1NC(c2ccc3ccccc3c2)=C[C@H]1c1ccccc1. The molecule has 0 saturated heterocycles. The number of fused-ring (bicyclic) bond motifs is 2. The number of hydrogen-bond acceptors (Lipinski definition) is 5. The molecule has 7 nitrogen and oxygen atoms in total. The molecule has 2 amide bonds. The molecule has 178 valence electrons. The highest BCUT2D eigenvalue weighted by Gasteiger charge is 2.43. The predicted octanol–water partition coefficient (Wildman–Crippen LogP) is 4.11. The molecule has 0 spiro atoms. The minimum absolute atomic E-state index is 0.0771. The van der Waals surface area contributed by atoms with E-state index in [4.69, 9.17) is 0 Å². The fourth-order valence-corrected chi connectivity index (χ4v) is 6.20. The molecule has 4 aromatic rings. The van der Waals surface area contributed by atoms with Gasteiger partial charge >= 0.3 is 0 Å². The van der Waals surface area contributed by atoms with E-state index in [0.29, 0.717) is 4.31 Å². The third kappa shape index (κ3) is 3.54. The highest BCUT2D eigenvalue weighted by atomic mass is 32.2. The molecule has 6 rings (SSSR count). The van der Waals surface area contributed by atoms with Crippen molar-refractivity contribution in [1.29, 1.82) is 0 Å². The van der Waals surface area contributed by atoms with E-state index in [1.807, 2.05) is 78.9 Å². The molecular formula is C28H21N3O4S. The summed E-state index contributed by atoms with van der Waals surface area (Å²) in [5, 5.41) is 3.56. The van der Waals surface area contributed by atoms with Crippen LogP contribution in [0.5, 0.6) is 0 Å². The minimum Gasteiger partial charge on any atom is -0.295 e. The molecule has 2 heterocycles. The van der Waals surface area contributed by atoms with Gasteiger partial charge in [-0.05, 0) is 46.2 Å². The Balaban J connectivity index is 1.33. The summed E-state index contributed by atoms with van der Waals surface area (Å²) in [5.41, 5.74) is 5.72. The van der Waals surface area contributed by atoms with Crippen LogP contribution in [0.3, 0.4) is 0 Å². The van der Waals surface area contributed by atoms with Crippen molar-refractivity contribution in [2.24, 2.45) is 0 Å². The highest BCUT2D eigenvalue weighted by Crippen LogP contribution is 2.34. The molecular weight excluding hydrogens is 474 g/mol. The van der Waals surface area contributed by atoms with Crippen LogP contribution in [0.2, 0.25) is 0 Å². The average Bonchev–Trinajstić information content (AvgIpc) is 3.44. The molecule has 4 aromatic carbocycles. The largest absolute Gasteiger partial charge is 0.295 e. The fourth-order valence-electron chi connectivity index (χ4n) is 4.69. The summed E-state index contributed by atoms with van der Waals surface area (Å²) in [5.74, 6) is -1.24. The number of nitrogens with one attached hydrogen (secondary N) is 1. The van der Waals surface area contributed by atoms with Crippen LogP contribution in [0, 0.1) is 0 Å². The third-order valence-electron chi connectivity index (χ3n) is 6.50. The number of hydrogen-bond donors (Lipinski definition) is 1. The van der Waals surface area contributed by atoms with E-state index in [0.717, 1.165) is 27.6 Å². The van der Waals surface area contributed by atoms with Crippen LogP contribution in [0.15, 0.2) is 108 Å². The summed E-state index contributed by atoms with van der Waals surface area (Å²) in [6.45, 7) is -0.606. The molecule has 2 aliphatic rings. The number of benzene rings is 4. The van der Waals surface area contributed by atoms with Crippen molar-refractivity contribution in [3.63, 3.8) is 0 Å². The number of sulfonamides is 1. The van der Waals surface area contributed by atoms with Gasteiger partial charge in [0.1, 0.15) is 11.4 Å². The first-order chi connectivity index (χ1) is 17.4. The molecule has 0 fully saturated rings. The topological polar surface area (TPSA) is 86.8 Å². The van der Waals surface area contributed by atoms with Crippen LogP contribution in [-0.2, 0) is 14.8 Å². The molecule has 0 bridgehead atoms. The van der Waals surface area contributed by atoms with Gasteiger partial charge in [-0.3, -0.25) is 15.0 Å². The zero-order valence-corrected chi connectivity index (χ0v) is 19.9. The molecule has 8 heteroatoms. The van der Waals surface area contributed by atoms with Gasteiger partial charge in [0, 0.05) is 0 Å². The van der Waals surface area contributed by atoms with E-state index in [-0.39, 0.29) is 10.5 Å². The van der Waals surface area contributed by atoms with Gasteiger partial charge in [0.2, 0.25) is 0 Å².